The van der Waals surface area contributed by atoms with E-state index in [0.717, 1.165) is 40.2 Å². The van der Waals surface area contributed by atoms with Crippen molar-refractivity contribution >= 4 is 39.8 Å². The minimum absolute atomic E-state index is 0.101. The lowest BCUT2D eigenvalue weighted by atomic mass is 10.1. The Morgan fingerprint density at radius 2 is 1.85 bits per heavy atom. The van der Waals surface area contributed by atoms with Gasteiger partial charge in [-0.3, -0.25) is 10.2 Å². The number of para-hydroxylation sites is 2. The number of carbonyl (C=O) groups excluding carboxylic acids is 1. The molecule has 34 heavy (non-hydrogen) atoms. The van der Waals surface area contributed by atoms with E-state index in [1.54, 1.807) is 31.4 Å². The predicted molar refractivity (Wildman–Crippen MR) is 132 cm³/mol. The molecule has 0 saturated carbocycles. The number of aryl methyl sites for hydroxylation is 1. The van der Waals surface area contributed by atoms with Crippen molar-refractivity contribution in [2.75, 3.05) is 7.11 Å². The van der Waals surface area contributed by atoms with Gasteiger partial charge < -0.3 is 9.30 Å². The fourth-order valence-corrected chi connectivity index (χ4v) is 4.93. The Balaban J connectivity index is 1.53. The molecule has 0 aliphatic carbocycles. The molecule has 0 bridgehead atoms. The second-order valence-corrected chi connectivity index (χ2v) is 8.69. The molecule has 2 aromatic carbocycles. The summed E-state index contributed by atoms with van der Waals surface area (Å²) in [7, 11) is 1.62. The molecule has 0 fully saturated rings. The highest BCUT2D eigenvalue weighted by Gasteiger charge is 2.36. The van der Waals surface area contributed by atoms with E-state index in [1.165, 1.54) is 11.1 Å². The lowest BCUT2D eigenvalue weighted by Crippen LogP contribution is -2.35. The maximum Gasteiger partial charge on any atom is 0.283 e. The number of carbonyl (C=O) groups is 1. The van der Waals surface area contributed by atoms with E-state index in [2.05, 4.69) is 10.1 Å². The summed E-state index contributed by atoms with van der Waals surface area (Å²) in [4.78, 5) is 17.0. The zero-order valence-electron chi connectivity index (χ0n) is 18.7. The van der Waals surface area contributed by atoms with Gasteiger partial charge in [-0.25, -0.2) is 4.39 Å². The van der Waals surface area contributed by atoms with Crippen LogP contribution in [0.2, 0.25) is 0 Å². The number of thioether (sulfide) groups is 1. The van der Waals surface area contributed by atoms with Gasteiger partial charge in [-0.15, -0.1) is 0 Å². The van der Waals surface area contributed by atoms with Crippen LogP contribution in [0.5, 0.6) is 5.75 Å². The van der Waals surface area contributed by atoms with Gasteiger partial charge in [0.2, 0.25) is 5.17 Å². The van der Waals surface area contributed by atoms with E-state index >= 15 is 0 Å². The Morgan fingerprint density at radius 3 is 2.62 bits per heavy atom. The zero-order valence-corrected chi connectivity index (χ0v) is 19.5. The van der Waals surface area contributed by atoms with Crippen LogP contribution in [0.15, 0.2) is 70.3 Å². The monoisotopic (exact) mass is 473 g/mol. The summed E-state index contributed by atoms with van der Waals surface area (Å²) in [6.45, 7) is 3.91. The third kappa shape index (κ3) is 3.54. The van der Waals surface area contributed by atoms with Gasteiger partial charge in [0.15, 0.2) is 5.84 Å². The molecular weight excluding hydrogens is 453 g/mol. The van der Waals surface area contributed by atoms with Crippen LogP contribution in [0.3, 0.4) is 0 Å². The van der Waals surface area contributed by atoms with Crippen LogP contribution in [0.4, 0.5) is 4.39 Å². The minimum atomic E-state index is -0.532. The number of benzene rings is 2. The molecule has 0 radical (unpaired) electrons. The summed E-state index contributed by atoms with van der Waals surface area (Å²) in [5.74, 6) is -0.332. The molecule has 9 heteroatoms. The van der Waals surface area contributed by atoms with Crippen molar-refractivity contribution in [2.45, 2.75) is 13.8 Å². The maximum atomic E-state index is 14.2. The summed E-state index contributed by atoms with van der Waals surface area (Å²) in [5.41, 5.74) is 3.91. The Kier molecular flexibility index (Phi) is 5.41. The number of fused-ring (bicyclic) bond motifs is 1. The first-order valence-corrected chi connectivity index (χ1v) is 11.3. The summed E-state index contributed by atoms with van der Waals surface area (Å²) >= 11 is 1.07. The average Bonchev–Trinajstić information content (AvgIpc) is 3.37. The first kappa shape index (κ1) is 21.8. The van der Waals surface area contributed by atoms with Gasteiger partial charge in [-0.1, -0.05) is 24.3 Å². The molecule has 0 atom stereocenters. The van der Waals surface area contributed by atoms with E-state index in [9.17, 15) is 9.18 Å². The molecule has 2 aliphatic rings. The normalized spacial score (nSPS) is 16.6. The maximum absolute atomic E-state index is 14.2. The van der Waals surface area contributed by atoms with E-state index in [4.69, 9.17) is 10.1 Å². The fourth-order valence-electron chi connectivity index (χ4n) is 4.01. The van der Waals surface area contributed by atoms with Gasteiger partial charge in [-0.2, -0.15) is 15.1 Å². The topological polar surface area (TPSA) is 83.0 Å². The van der Waals surface area contributed by atoms with Crippen molar-refractivity contribution < 1.29 is 13.9 Å². The molecule has 7 nitrogen and oxygen atoms in total. The lowest BCUT2D eigenvalue weighted by molar-refractivity contribution is -0.114. The Hall–Kier alpha value is -3.98. The average molecular weight is 474 g/mol. The molecule has 3 heterocycles. The second kappa shape index (κ2) is 8.42. The number of hydrogen-bond acceptors (Lipinski definition) is 5. The van der Waals surface area contributed by atoms with Gasteiger partial charge in [0.25, 0.3) is 5.91 Å². The number of aliphatic imine (C=N–C) groups is 1. The zero-order chi connectivity index (χ0) is 24.0. The van der Waals surface area contributed by atoms with Crippen molar-refractivity contribution in [2.24, 2.45) is 10.1 Å². The third-order valence-electron chi connectivity index (χ3n) is 5.65. The number of aromatic nitrogens is 1. The molecule has 0 saturated heterocycles. The van der Waals surface area contributed by atoms with Gasteiger partial charge in [0.05, 0.1) is 18.4 Å². The number of amides is 1. The quantitative estimate of drug-likeness (QED) is 0.546. The largest absolute Gasteiger partial charge is 0.495 e. The van der Waals surface area contributed by atoms with Crippen molar-refractivity contribution in [1.82, 2.24) is 9.58 Å². The number of hydrazone groups is 1. The highest BCUT2D eigenvalue weighted by atomic mass is 32.2. The highest BCUT2D eigenvalue weighted by Crippen LogP contribution is 2.33. The molecule has 1 N–H and O–H groups in total. The number of halogens is 1. The number of hydrogen-bond donors (Lipinski definition) is 1. The van der Waals surface area contributed by atoms with Crippen LogP contribution in [-0.2, 0) is 4.79 Å². The fraction of sp³-hybridized carbons (Fsp3) is 0.120. The van der Waals surface area contributed by atoms with Crippen molar-refractivity contribution in [3.8, 4) is 11.4 Å². The number of methoxy groups -OCH3 is 1. The third-order valence-corrected chi connectivity index (χ3v) is 6.60. The molecule has 170 valence electrons. The first-order chi connectivity index (χ1) is 16.4. The van der Waals surface area contributed by atoms with Crippen LogP contribution in [-0.4, -0.2) is 38.6 Å². The van der Waals surface area contributed by atoms with E-state index in [-0.39, 0.29) is 16.6 Å². The molecule has 2 aliphatic heterocycles. The van der Waals surface area contributed by atoms with Crippen LogP contribution >= 0.6 is 11.8 Å². The predicted octanol–water partition coefficient (Wildman–Crippen LogP) is 4.91. The number of amidine groups is 2. The molecule has 5 rings (SSSR count). The summed E-state index contributed by atoms with van der Waals surface area (Å²) in [6, 6.07) is 15.9. The molecule has 1 aromatic heterocycles. The lowest BCUT2D eigenvalue weighted by Gasteiger charge is -2.20. The summed E-state index contributed by atoms with van der Waals surface area (Å²) in [6.07, 6.45) is 1.65. The van der Waals surface area contributed by atoms with Gasteiger partial charge in [0, 0.05) is 17.0 Å². The summed E-state index contributed by atoms with van der Waals surface area (Å²) < 4.78 is 21.8. The number of nitrogens with zero attached hydrogens (tertiary/aromatic N) is 4. The smallest absolute Gasteiger partial charge is 0.283 e. The first-order valence-electron chi connectivity index (χ1n) is 10.5. The van der Waals surface area contributed by atoms with E-state index in [1.807, 2.05) is 48.7 Å². The number of rotatable bonds is 4. The SMILES string of the molecule is COc1ccccc1-n1c(C)cc(C=C2C(=N)N3N=C(c4ccccc4F)SC3=NC2=O)c1C. The molecule has 1 amide bonds. The van der Waals surface area contributed by atoms with Crippen molar-refractivity contribution in [3.05, 3.63) is 88.5 Å². The van der Waals surface area contributed by atoms with E-state index < -0.39 is 11.7 Å². The van der Waals surface area contributed by atoms with Crippen LogP contribution in [0.1, 0.15) is 22.5 Å². The Labute approximate surface area is 199 Å². The van der Waals surface area contributed by atoms with Crippen molar-refractivity contribution in [1.29, 1.82) is 5.41 Å². The number of ether oxygens (including phenoxy) is 1. The van der Waals surface area contributed by atoms with Crippen molar-refractivity contribution in [3.63, 3.8) is 0 Å². The second-order valence-electron chi connectivity index (χ2n) is 7.74. The molecular formula is C25H20FN5O2S. The Morgan fingerprint density at radius 1 is 1.12 bits per heavy atom. The highest BCUT2D eigenvalue weighted by molar-refractivity contribution is 8.27. The van der Waals surface area contributed by atoms with Gasteiger partial charge >= 0.3 is 0 Å². The molecule has 0 unspecified atom stereocenters. The minimum Gasteiger partial charge on any atom is -0.495 e. The summed E-state index contributed by atoms with van der Waals surface area (Å²) in [5, 5.41) is 14.9. The number of nitrogens with one attached hydrogen (secondary N) is 1. The molecule has 0 spiro atoms. The van der Waals surface area contributed by atoms with Crippen LogP contribution < -0.4 is 4.74 Å². The van der Waals surface area contributed by atoms with Gasteiger partial charge in [-0.05, 0) is 67.6 Å². The molecule has 3 aromatic rings. The standard InChI is InChI=1S/C25H20FN5O2S/c1-14-12-16(15(2)30(14)20-10-6-7-11-21(20)33-3)13-18-22(27)31-25(28-23(18)32)34-24(29-31)17-8-4-5-9-19(17)26/h4-13,27H,1-3H3. The Bertz CT molecular complexity index is 1450. The van der Waals surface area contributed by atoms with Crippen LogP contribution in [0, 0.1) is 25.1 Å². The van der Waals surface area contributed by atoms with Crippen LogP contribution in [0.25, 0.3) is 11.8 Å². The van der Waals surface area contributed by atoms with Gasteiger partial charge in [0.1, 0.15) is 16.6 Å². The van der Waals surface area contributed by atoms with E-state index in [0.29, 0.717) is 10.6 Å².